The van der Waals surface area contributed by atoms with E-state index in [1.54, 1.807) is 6.07 Å². The second kappa shape index (κ2) is 7.34. The Morgan fingerprint density at radius 1 is 1.26 bits per heavy atom. The molecule has 23 heavy (non-hydrogen) atoms. The molecule has 8 heteroatoms. The smallest absolute Gasteiger partial charge is 0.230 e. The molecule has 0 radical (unpaired) electrons. The zero-order valence-electron chi connectivity index (χ0n) is 14.7. The van der Waals surface area contributed by atoms with Gasteiger partial charge >= 0.3 is 0 Å². The molecule has 2 N–H and O–H groups in total. The van der Waals surface area contributed by atoms with Crippen LogP contribution in [0.1, 0.15) is 60.1 Å². The van der Waals surface area contributed by atoms with Gasteiger partial charge in [0.05, 0.1) is 6.04 Å². The van der Waals surface area contributed by atoms with Gasteiger partial charge in [0.1, 0.15) is 4.75 Å². The molecular formula is C15H25ClN4O2S. The maximum Gasteiger partial charge on any atom is 0.230 e. The minimum atomic E-state index is -1.25. The molecule has 2 atom stereocenters. The van der Waals surface area contributed by atoms with Crippen LogP contribution in [0.15, 0.2) is 6.07 Å². The van der Waals surface area contributed by atoms with Crippen LogP contribution in [0.5, 0.6) is 0 Å². The number of halogens is 1. The van der Waals surface area contributed by atoms with Crippen LogP contribution < -0.4 is 10.0 Å². The predicted octanol–water partition coefficient (Wildman–Crippen LogP) is 3.23. The molecule has 1 aromatic heterocycles. The molecule has 0 saturated carbocycles. The van der Waals surface area contributed by atoms with Crippen LogP contribution >= 0.6 is 11.6 Å². The van der Waals surface area contributed by atoms with Gasteiger partial charge in [-0.05, 0) is 33.8 Å². The molecule has 0 aliphatic heterocycles. The van der Waals surface area contributed by atoms with Crippen LogP contribution in [0, 0.1) is 5.41 Å². The number of nitrogens with zero attached hydrogens (tertiary/aromatic N) is 2. The van der Waals surface area contributed by atoms with E-state index in [0.717, 1.165) is 0 Å². The first-order valence-electron chi connectivity index (χ1n) is 7.35. The van der Waals surface area contributed by atoms with E-state index in [0.29, 0.717) is 11.4 Å². The van der Waals surface area contributed by atoms with E-state index in [9.17, 15) is 9.35 Å². The van der Waals surface area contributed by atoms with Crippen molar-refractivity contribution in [3.05, 3.63) is 16.8 Å². The molecule has 0 unspecified atom stereocenters. The van der Waals surface area contributed by atoms with Crippen molar-refractivity contribution < 1.29 is 9.35 Å². The van der Waals surface area contributed by atoms with Crippen LogP contribution in [-0.4, -0.2) is 25.4 Å². The molecule has 0 fully saturated rings. The molecule has 0 spiro atoms. The summed E-state index contributed by atoms with van der Waals surface area (Å²) in [6, 6.07) is 1.35. The van der Waals surface area contributed by atoms with E-state index < -0.39 is 21.5 Å². The number of amides is 1. The fraction of sp³-hybridized carbons (Fsp3) is 0.667. The van der Waals surface area contributed by atoms with Crippen molar-refractivity contribution >= 4 is 34.7 Å². The first-order chi connectivity index (χ1) is 10.3. The Bertz CT molecular complexity index is 570. The van der Waals surface area contributed by atoms with Gasteiger partial charge in [0.15, 0.2) is 11.0 Å². The standard InChI is InChI=1S/C15H25ClN4O2S/c1-9(20-23(22)15(5,6)7)10-8-11(18-19-12(10)16)17-13(21)14(2,3)4/h8-9,20H,1-7H3,(H,17,18,21)/t9-,23+/m0/s1. The molecule has 0 saturated heterocycles. The lowest BCUT2D eigenvalue weighted by atomic mass is 9.96. The molecule has 1 amide bonds. The third-order valence-corrected chi connectivity index (χ3v) is 4.98. The van der Waals surface area contributed by atoms with Crippen LogP contribution in [0.4, 0.5) is 5.82 Å². The highest BCUT2D eigenvalue weighted by molar-refractivity contribution is 7.90. The van der Waals surface area contributed by atoms with Crippen molar-refractivity contribution in [3.63, 3.8) is 0 Å². The maximum absolute atomic E-state index is 12.2. The van der Waals surface area contributed by atoms with Gasteiger partial charge in [-0.25, -0.2) is 0 Å². The second-order valence-electron chi connectivity index (χ2n) is 7.40. The number of hydrogen-bond acceptors (Lipinski definition) is 5. The van der Waals surface area contributed by atoms with E-state index in [4.69, 9.17) is 11.6 Å². The van der Waals surface area contributed by atoms with Crippen LogP contribution in [0.2, 0.25) is 5.15 Å². The van der Waals surface area contributed by atoms with Crippen LogP contribution in [0.3, 0.4) is 0 Å². The van der Waals surface area contributed by atoms with E-state index in [2.05, 4.69) is 20.2 Å². The SMILES string of the molecule is C[C@H](N[S@+]([O-])C(C)(C)C)c1cc(NC(=O)C(C)(C)C)nnc1Cl. The van der Waals surface area contributed by atoms with Crippen LogP contribution in [0.25, 0.3) is 0 Å². The molecule has 6 nitrogen and oxygen atoms in total. The van der Waals surface area contributed by atoms with Crippen LogP contribution in [-0.2, 0) is 16.2 Å². The zero-order chi connectivity index (χ0) is 18.0. The molecule has 1 rings (SSSR count). The average Bonchev–Trinajstić information content (AvgIpc) is 2.38. The molecule has 0 aliphatic carbocycles. The van der Waals surface area contributed by atoms with Gasteiger partial charge in [-0.3, -0.25) is 4.79 Å². The van der Waals surface area contributed by atoms with Gasteiger partial charge in [-0.2, -0.15) is 0 Å². The summed E-state index contributed by atoms with van der Waals surface area (Å²) in [6.45, 7) is 12.9. The summed E-state index contributed by atoms with van der Waals surface area (Å²) in [5, 5.41) is 10.7. The van der Waals surface area contributed by atoms with E-state index in [1.807, 2.05) is 48.5 Å². The summed E-state index contributed by atoms with van der Waals surface area (Å²) in [6.07, 6.45) is 0. The normalized spacial score (nSPS) is 15.2. The number of anilines is 1. The Labute approximate surface area is 146 Å². The Balaban J connectivity index is 2.95. The molecule has 1 heterocycles. The number of carbonyl (C=O) groups is 1. The van der Waals surface area contributed by atoms with Crippen molar-refractivity contribution in [1.29, 1.82) is 0 Å². The molecule has 0 bridgehead atoms. The monoisotopic (exact) mass is 360 g/mol. The maximum atomic E-state index is 12.2. The Morgan fingerprint density at radius 3 is 2.30 bits per heavy atom. The first-order valence-corrected chi connectivity index (χ1v) is 8.88. The number of nitrogens with one attached hydrogen (secondary N) is 2. The molecule has 130 valence electrons. The van der Waals surface area contributed by atoms with Gasteiger partial charge in [-0.15, -0.1) is 14.9 Å². The number of aromatic nitrogens is 2. The average molecular weight is 361 g/mol. The lowest BCUT2D eigenvalue weighted by Gasteiger charge is -2.26. The summed E-state index contributed by atoms with van der Waals surface area (Å²) in [5.41, 5.74) is 0.0856. The summed E-state index contributed by atoms with van der Waals surface area (Å²) in [5.74, 6) is 0.151. The first kappa shape index (κ1) is 20.2. The number of rotatable bonds is 4. The fourth-order valence-electron chi connectivity index (χ4n) is 1.46. The Morgan fingerprint density at radius 2 is 1.83 bits per heavy atom. The van der Waals surface area contributed by atoms with Gasteiger partial charge in [0.2, 0.25) is 5.91 Å². The van der Waals surface area contributed by atoms with Gasteiger partial charge in [0.25, 0.3) is 0 Å². The summed E-state index contributed by atoms with van der Waals surface area (Å²) >= 11 is 4.84. The molecule has 0 aromatic carbocycles. The van der Waals surface area contributed by atoms with Crippen molar-refractivity contribution in [2.45, 2.75) is 59.3 Å². The lowest BCUT2D eigenvalue weighted by molar-refractivity contribution is -0.123. The second-order valence-corrected chi connectivity index (χ2v) is 9.76. The van der Waals surface area contributed by atoms with Crippen molar-refractivity contribution in [3.8, 4) is 0 Å². The van der Waals surface area contributed by atoms with Crippen molar-refractivity contribution in [2.75, 3.05) is 5.32 Å². The van der Waals surface area contributed by atoms with Crippen molar-refractivity contribution in [2.24, 2.45) is 5.41 Å². The van der Waals surface area contributed by atoms with E-state index >= 15 is 0 Å². The topological polar surface area (TPSA) is 90.0 Å². The lowest BCUT2D eigenvalue weighted by Crippen LogP contribution is -2.40. The highest BCUT2D eigenvalue weighted by Crippen LogP contribution is 2.26. The van der Waals surface area contributed by atoms with Gasteiger partial charge in [0, 0.05) is 22.3 Å². The predicted molar refractivity (Wildman–Crippen MR) is 94.6 cm³/mol. The third-order valence-electron chi connectivity index (χ3n) is 3.01. The molecule has 0 aliphatic rings. The summed E-state index contributed by atoms with van der Waals surface area (Å²) < 4.78 is 14.8. The zero-order valence-corrected chi connectivity index (χ0v) is 16.2. The summed E-state index contributed by atoms with van der Waals surface area (Å²) in [7, 11) is 0. The largest absolute Gasteiger partial charge is 0.598 e. The quantitative estimate of drug-likeness (QED) is 0.804. The highest BCUT2D eigenvalue weighted by Gasteiger charge is 2.29. The van der Waals surface area contributed by atoms with Gasteiger partial charge in [-0.1, -0.05) is 32.4 Å². The van der Waals surface area contributed by atoms with Crippen molar-refractivity contribution in [1.82, 2.24) is 14.9 Å². The molecular weight excluding hydrogens is 336 g/mol. The minimum absolute atomic E-state index is 0.168. The number of carbonyl (C=O) groups excluding carboxylic acids is 1. The number of hydrogen-bond donors (Lipinski definition) is 2. The van der Waals surface area contributed by atoms with Gasteiger partial charge < -0.3 is 9.87 Å². The fourth-order valence-corrected chi connectivity index (χ4v) is 2.52. The summed E-state index contributed by atoms with van der Waals surface area (Å²) in [4.78, 5) is 12.0. The van der Waals surface area contributed by atoms with E-state index in [1.165, 1.54) is 0 Å². The molecule has 1 aromatic rings. The highest BCUT2D eigenvalue weighted by atomic mass is 35.5. The Kier molecular flexibility index (Phi) is 6.43. The third kappa shape index (κ3) is 5.91. The van der Waals surface area contributed by atoms with E-state index in [-0.39, 0.29) is 17.1 Å². The minimum Gasteiger partial charge on any atom is -0.598 e. The Hall–Kier alpha value is -0.890.